The quantitative estimate of drug-likeness (QED) is 0.405. The number of halogens is 1. The van der Waals surface area contributed by atoms with Crippen molar-refractivity contribution in [2.45, 2.75) is 26.6 Å². The minimum Gasteiger partial charge on any atom is -0.497 e. The van der Waals surface area contributed by atoms with Crippen molar-refractivity contribution in [1.82, 2.24) is 9.88 Å². The zero-order chi connectivity index (χ0) is 22.7. The minimum absolute atomic E-state index is 0.220. The first kappa shape index (κ1) is 21.6. The van der Waals surface area contributed by atoms with Gasteiger partial charge >= 0.3 is 5.97 Å². The molecule has 0 aliphatic heterocycles. The molecule has 0 bridgehead atoms. The maximum Gasteiger partial charge on any atom is 0.352 e. The second-order valence-corrected chi connectivity index (χ2v) is 7.72. The maximum atomic E-state index is 14.0. The van der Waals surface area contributed by atoms with E-state index in [4.69, 9.17) is 4.74 Å². The number of benzene rings is 3. The number of carboxylic acids is 1. The van der Waals surface area contributed by atoms with Crippen molar-refractivity contribution in [2.24, 2.45) is 0 Å². The molecule has 0 aliphatic rings. The van der Waals surface area contributed by atoms with Crippen LogP contribution in [0.5, 0.6) is 5.75 Å². The minimum atomic E-state index is -1.00. The van der Waals surface area contributed by atoms with E-state index < -0.39 is 5.97 Å². The van der Waals surface area contributed by atoms with E-state index in [2.05, 4.69) is 5.32 Å². The number of fused-ring (bicyclic) bond motifs is 1. The Bertz CT molecular complexity index is 1280. The number of aryl methyl sites for hydroxylation is 1. The summed E-state index contributed by atoms with van der Waals surface area (Å²) >= 11 is 0. The summed E-state index contributed by atoms with van der Waals surface area (Å²) in [6.45, 7) is 3.02. The fraction of sp³-hybridized carbons (Fsp3) is 0.192. The van der Waals surface area contributed by atoms with Crippen LogP contribution in [0.1, 0.15) is 32.7 Å². The van der Waals surface area contributed by atoms with Crippen LogP contribution < -0.4 is 10.1 Å². The lowest BCUT2D eigenvalue weighted by Crippen LogP contribution is -2.18. The van der Waals surface area contributed by atoms with Crippen LogP contribution in [0.25, 0.3) is 10.9 Å². The van der Waals surface area contributed by atoms with Gasteiger partial charge in [0.1, 0.15) is 17.3 Å². The standard InChI is InChI=1S/C26H25FN2O3/c1-17-7-3-4-9-19(17)16-29-24-13-20(32-2)11-12-21(24)22(25(29)26(30)31)15-28-14-18-8-5-6-10-23(18)27/h3-13,28H,14-16H2,1-2H3,(H,30,31). The van der Waals surface area contributed by atoms with Gasteiger partial charge in [-0.25, -0.2) is 9.18 Å². The topological polar surface area (TPSA) is 63.5 Å². The van der Waals surface area contributed by atoms with Crippen molar-refractivity contribution in [3.8, 4) is 5.75 Å². The fourth-order valence-electron chi connectivity index (χ4n) is 4.04. The van der Waals surface area contributed by atoms with Crippen molar-refractivity contribution in [3.05, 3.63) is 100 Å². The summed E-state index contributed by atoms with van der Waals surface area (Å²) in [5.74, 6) is -0.634. The highest BCUT2D eigenvalue weighted by atomic mass is 19.1. The molecule has 0 saturated carbocycles. The van der Waals surface area contributed by atoms with Gasteiger partial charge in [-0.2, -0.15) is 0 Å². The monoisotopic (exact) mass is 432 g/mol. The van der Waals surface area contributed by atoms with Crippen LogP contribution in [-0.4, -0.2) is 22.8 Å². The lowest BCUT2D eigenvalue weighted by atomic mass is 10.1. The highest BCUT2D eigenvalue weighted by Gasteiger charge is 2.23. The molecule has 164 valence electrons. The number of carboxylic acid groups (broad SMARTS) is 1. The molecule has 0 unspecified atom stereocenters. The van der Waals surface area contributed by atoms with Crippen LogP contribution in [0.2, 0.25) is 0 Å². The molecule has 0 aliphatic carbocycles. The molecule has 1 heterocycles. The molecule has 0 radical (unpaired) electrons. The SMILES string of the molecule is COc1ccc2c(CNCc3ccccc3F)c(C(=O)O)n(Cc3ccccc3C)c2c1. The molecular formula is C26H25FN2O3. The van der Waals surface area contributed by atoms with E-state index in [1.165, 1.54) is 6.07 Å². The molecule has 5 nitrogen and oxygen atoms in total. The van der Waals surface area contributed by atoms with Gasteiger partial charge in [0.05, 0.1) is 12.6 Å². The molecule has 1 aromatic heterocycles. The Kier molecular flexibility index (Phi) is 6.23. The van der Waals surface area contributed by atoms with Gasteiger partial charge in [-0.05, 0) is 36.2 Å². The Balaban J connectivity index is 1.77. The summed E-state index contributed by atoms with van der Waals surface area (Å²) < 4.78 is 21.2. The molecule has 3 aromatic carbocycles. The van der Waals surface area contributed by atoms with Gasteiger partial charge in [-0.15, -0.1) is 0 Å². The molecule has 0 fully saturated rings. The summed E-state index contributed by atoms with van der Waals surface area (Å²) in [7, 11) is 1.59. The molecule has 32 heavy (non-hydrogen) atoms. The van der Waals surface area contributed by atoms with Crippen LogP contribution in [0.3, 0.4) is 0 Å². The molecule has 6 heteroatoms. The van der Waals surface area contributed by atoms with Gasteiger partial charge in [-0.3, -0.25) is 0 Å². The van der Waals surface area contributed by atoms with Gasteiger partial charge in [0.25, 0.3) is 0 Å². The van der Waals surface area contributed by atoms with Gasteiger partial charge in [0.15, 0.2) is 0 Å². The zero-order valence-corrected chi connectivity index (χ0v) is 18.1. The molecule has 0 amide bonds. The van der Waals surface area contributed by atoms with Gasteiger partial charge < -0.3 is 19.7 Å². The first-order valence-electron chi connectivity index (χ1n) is 10.4. The maximum absolute atomic E-state index is 14.0. The Labute approximate surface area is 186 Å². The zero-order valence-electron chi connectivity index (χ0n) is 18.1. The van der Waals surface area contributed by atoms with Gasteiger partial charge in [0.2, 0.25) is 0 Å². The lowest BCUT2D eigenvalue weighted by molar-refractivity contribution is 0.0684. The largest absolute Gasteiger partial charge is 0.497 e. The molecule has 0 atom stereocenters. The van der Waals surface area contributed by atoms with Crippen molar-refractivity contribution in [1.29, 1.82) is 0 Å². The molecule has 2 N–H and O–H groups in total. The number of aromatic carboxylic acids is 1. The van der Waals surface area contributed by atoms with Crippen LogP contribution >= 0.6 is 0 Å². The number of rotatable bonds is 8. The predicted molar refractivity (Wildman–Crippen MR) is 123 cm³/mol. The van der Waals surface area contributed by atoms with Crippen molar-refractivity contribution >= 4 is 16.9 Å². The second kappa shape index (κ2) is 9.24. The van der Waals surface area contributed by atoms with Gasteiger partial charge in [-0.1, -0.05) is 42.5 Å². The summed E-state index contributed by atoms with van der Waals surface area (Å²) in [6.07, 6.45) is 0. The summed E-state index contributed by atoms with van der Waals surface area (Å²) in [6, 6.07) is 20.1. The van der Waals surface area contributed by atoms with Crippen LogP contribution in [-0.2, 0) is 19.6 Å². The van der Waals surface area contributed by atoms with Crippen molar-refractivity contribution in [3.63, 3.8) is 0 Å². The Morgan fingerprint density at radius 3 is 2.44 bits per heavy atom. The highest BCUT2D eigenvalue weighted by molar-refractivity contribution is 5.98. The Hall–Kier alpha value is -3.64. The number of nitrogens with zero attached hydrogens (tertiary/aromatic N) is 1. The highest BCUT2D eigenvalue weighted by Crippen LogP contribution is 2.31. The van der Waals surface area contributed by atoms with Crippen LogP contribution in [0, 0.1) is 12.7 Å². The van der Waals surface area contributed by atoms with E-state index >= 15 is 0 Å². The van der Waals surface area contributed by atoms with E-state index in [1.54, 1.807) is 25.3 Å². The number of carbonyl (C=O) groups is 1. The van der Waals surface area contributed by atoms with E-state index in [0.717, 1.165) is 22.0 Å². The van der Waals surface area contributed by atoms with E-state index in [9.17, 15) is 14.3 Å². The lowest BCUT2D eigenvalue weighted by Gasteiger charge is -2.12. The fourth-order valence-corrected chi connectivity index (χ4v) is 4.04. The Morgan fingerprint density at radius 1 is 1.03 bits per heavy atom. The third kappa shape index (κ3) is 4.22. The average molecular weight is 432 g/mol. The number of hydrogen-bond acceptors (Lipinski definition) is 3. The van der Waals surface area contributed by atoms with Gasteiger partial charge in [0, 0.05) is 42.2 Å². The number of ether oxygens (including phenoxy) is 1. The summed E-state index contributed by atoms with van der Waals surface area (Å²) in [4.78, 5) is 12.4. The third-order valence-electron chi connectivity index (χ3n) is 5.74. The molecular weight excluding hydrogens is 407 g/mol. The van der Waals surface area contributed by atoms with Crippen molar-refractivity contribution in [2.75, 3.05) is 7.11 Å². The van der Waals surface area contributed by atoms with Crippen LogP contribution in [0.4, 0.5) is 4.39 Å². The second-order valence-electron chi connectivity index (χ2n) is 7.72. The number of hydrogen-bond donors (Lipinski definition) is 2. The predicted octanol–water partition coefficient (Wildman–Crippen LogP) is 5.13. The van der Waals surface area contributed by atoms with E-state index in [1.807, 2.05) is 54.0 Å². The van der Waals surface area contributed by atoms with E-state index in [0.29, 0.717) is 36.5 Å². The summed E-state index contributed by atoms with van der Waals surface area (Å²) in [5, 5.41) is 14.2. The molecule has 0 saturated heterocycles. The normalized spacial score (nSPS) is 11.1. The number of aromatic nitrogens is 1. The van der Waals surface area contributed by atoms with Crippen molar-refractivity contribution < 1.29 is 19.0 Å². The van der Waals surface area contributed by atoms with E-state index in [-0.39, 0.29) is 11.5 Å². The third-order valence-corrected chi connectivity index (χ3v) is 5.74. The molecule has 0 spiro atoms. The molecule has 4 aromatic rings. The number of nitrogens with one attached hydrogen (secondary N) is 1. The van der Waals surface area contributed by atoms with Crippen LogP contribution in [0.15, 0.2) is 66.7 Å². The molecule has 4 rings (SSSR count). The average Bonchev–Trinajstić information content (AvgIpc) is 3.09. The first-order chi connectivity index (χ1) is 15.5. The number of methoxy groups -OCH3 is 1. The first-order valence-corrected chi connectivity index (χ1v) is 10.4. The smallest absolute Gasteiger partial charge is 0.352 e. The summed E-state index contributed by atoms with van der Waals surface area (Å²) in [5.41, 5.74) is 4.34. The Morgan fingerprint density at radius 2 is 1.75 bits per heavy atom.